The molecule has 1 atom stereocenters. The highest BCUT2D eigenvalue weighted by Gasteiger charge is 2.21. The van der Waals surface area contributed by atoms with Gasteiger partial charge in [0, 0.05) is 11.6 Å². The predicted octanol–water partition coefficient (Wildman–Crippen LogP) is 2.27. The Morgan fingerprint density at radius 3 is 2.55 bits per heavy atom. The summed E-state index contributed by atoms with van der Waals surface area (Å²) in [7, 11) is 3.47. The van der Waals surface area contributed by atoms with E-state index in [-0.39, 0.29) is 23.8 Å². The molecule has 8 nitrogen and oxygen atoms in total. The van der Waals surface area contributed by atoms with E-state index in [4.69, 9.17) is 9.47 Å². The van der Waals surface area contributed by atoms with E-state index < -0.39 is 4.92 Å². The average Bonchev–Trinajstić information content (AvgIpc) is 2.66. The molecule has 0 saturated heterocycles. The first-order chi connectivity index (χ1) is 13.8. The SMILES string of the molecule is CCOc1ccc(C[NH+](C)CC(=O)Nc2c([N+](=O)[O-])ccc(C)c2C)cc1OC. The van der Waals surface area contributed by atoms with Crippen molar-refractivity contribution in [2.24, 2.45) is 0 Å². The quantitative estimate of drug-likeness (QED) is 0.496. The molecule has 1 amide bonds. The molecule has 2 aromatic rings. The van der Waals surface area contributed by atoms with E-state index >= 15 is 0 Å². The van der Waals surface area contributed by atoms with Crippen molar-refractivity contribution in [3.63, 3.8) is 0 Å². The minimum absolute atomic E-state index is 0.102. The number of methoxy groups -OCH3 is 1. The Morgan fingerprint density at radius 2 is 1.93 bits per heavy atom. The lowest BCUT2D eigenvalue weighted by Gasteiger charge is -2.16. The molecule has 0 aliphatic carbocycles. The van der Waals surface area contributed by atoms with Gasteiger partial charge in [-0.1, -0.05) is 6.07 Å². The first-order valence-electron chi connectivity index (χ1n) is 9.42. The summed E-state index contributed by atoms with van der Waals surface area (Å²) in [6, 6.07) is 8.78. The van der Waals surface area contributed by atoms with Crippen LogP contribution >= 0.6 is 0 Å². The Labute approximate surface area is 170 Å². The molecule has 0 radical (unpaired) electrons. The molecule has 0 heterocycles. The summed E-state index contributed by atoms with van der Waals surface area (Å²) in [5.41, 5.74) is 2.73. The van der Waals surface area contributed by atoms with Crippen LogP contribution in [0.15, 0.2) is 30.3 Å². The minimum atomic E-state index is -0.481. The number of nitrogens with one attached hydrogen (secondary N) is 2. The molecule has 2 rings (SSSR count). The fourth-order valence-electron chi connectivity index (χ4n) is 3.08. The standard InChI is InChI=1S/C21H27N3O5/c1-6-29-18-10-8-16(11-19(18)28-5)12-23(4)13-20(25)22-21-15(3)14(2)7-9-17(21)24(26)27/h7-11H,6,12-13H2,1-5H3,(H,22,25)/p+1. The van der Waals surface area contributed by atoms with Crippen LogP contribution in [0.2, 0.25) is 0 Å². The highest BCUT2D eigenvalue weighted by atomic mass is 16.6. The molecule has 2 N–H and O–H groups in total. The number of nitro benzene ring substituents is 1. The molecule has 1 unspecified atom stereocenters. The summed E-state index contributed by atoms with van der Waals surface area (Å²) in [4.78, 5) is 24.3. The molecule has 0 aromatic heterocycles. The van der Waals surface area contributed by atoms with Crippen molar-refractivity contribution >= 4 is 17.3 Å². The third-order valence-electron chi connectivity index (χ3n) is 4.67. The maximum atomic E-state index is 12.5. The smallest absolute Gasteiger partial charge is 0.293 e. The number of quaternary nitrogens is 1. The van der Waals surface area contributed by atoms with Crippen molar-refractivity contribution in [3.8, 4) is 11.5 Å². The van der Waals surface area contributed by atoms with Crippen molar-refractivity contribution in [1.82, 2.24) is 0 Å². The number of amides is 1. The number of anilines is 1. The number of nitro groups is 1. The third-order valence-corrected chi connectivity index (χ3v) is 4.67. The fraction of sp³-hybridized carbons (Fsp3) is 0.381. The number of ether oxygens (including phenoxy) is 2. The summed E-state index contributed by atoms with van der Waals surface area (Å²) in [6.07, 6.45) is 0. The maximum absolute atomic E-state index is 12.5. The van der Waals surface area contributed by atoms with Gasteiger partial charge in [0.2, 0.25) is 0 Å². The van der Waals surface area contributed by atoms with Crippen molar-refractivity contribution < 1.29 is 24.1 Å². The normalized spacial score (nSPS) is 11.6. The van der Waals surface area contributed by atoms with Crippen molar-refractivity contribution in [2.75, 3.05) is 32.6 Å². The molecule has 2 aromatic carbocycles. The average molecular weight is 402 g/mol. The van der Waals surface area contributed by atoms with Crippen LogP contribution in [0, 0.1) is 24.0 Å². The molecule has 0 saturated carbocycles. The Bertz CT molecular complexity index is 898. The molecule has 0 spiro atoms. The van der Waals surface area contributed by atoms with E-state index in [0.29, 0.717) is 30.2 Å². The van der Waals surface area contributed by atoms with Crippen LogP contribution in [0.5, 0.6) is 11.5 Å². The van der Waals surface area contributed by atoms with Crippen LogP contribution in [0.3, 0.4) is 0 Å². The summed E-state index contributed by atoms with van der Waals surface area (Å²) in [5, 5.41) is 14.0. The van der Waals surface area contributed by atoms with Gasteiger partial charge in [-0.2, -0.15) is 0 Å². The maximum Gasteiger partial charge on any atom is 0.293 e. The number of rotatable bonds is 9. The summed E-state index contributed by atoms with van der Waals surface area (Å²) < 4.78 is 10.9. The van der Waals surface area contributed by atoms with Gasteiger partial charge in [-0.25, -0.2) is 0 Å². The molecule has 0 aliphatic rings. The Hall–Kier alpha value is -3.13. The minimum Gasteiger partial charge on any atom is -0.493 e. The van der Waals surface area contributed by atoms with E-state index in [2.05, 4.69) is 5.32 Å². The van der Waals surface area contributed by atoms with Crippen molar-refractivity contribution in [1.29, 1.82) is 0 Å². The van der Waals surface area contributed by atoms with Crippen LogP contribution in [0.25, 0.3) is 0 Å². The van der Waals surface area contributed by atoms with Crippen LogP contribution in [-0.2, 0) is 11.3 Å². The predicted molar refractivity (Wildman–Crippen MR) is 111 cm³/mol. The van der Waals surface area contributed by atoms with Gasteiger partial charge < -0.3 is 19.7 Å². The zero-order valence-electron chi connectivity index (χ0n) is 17.5. The van der Waals surface area contributed by atoms with E-state index in [1.165, 1.54) is 6.07 Å². The fourth-order valence-corrected chi connectivity index (χ4v) is 3.08. The van der Waals surface area contributed by atoms with E-state index in [1.54, 1.807) is 20.1 Å². The first kappa shape index (κ1) is 22.2. The molecular formula is C21H28N3O5+. The van der Waals surface area contributed by atoms with Crippen LogP contribution in [0.4, 0.5) is 11.4 Å². The topological polar surface area (TPSA) is 95.1 Å². The lowest BCUT2D eigenvalue weighted by molar-refractivity contribution is -0.885. The molecule has 156 valence electrons. The van der Waals surface area contributed by atoms with Gasteiger partial charge in [0.05, 0.1) is 25.7 Å². The molecular weight excluding hydrogens is 374 g/mol. The molecule has 8 heteroatoms. The number of carbonyl (C=O) groups is 1. The van der Waals surface area contributed by atoms with Gasteiger partial charge in [-0.05, 0) is 50.1 Å². The lowest BCUT2D eigenvalue weighted by Crippen LogP contribution is -3.08. The highest BCUT2D eigenvalue weighted by Crippen LogP contribution is 2.30. The monoisotopic (exact) mass is 402 g/mol. The Morgan fingerprint density at radius 1 is 1.21 bits per heavy atom. The Balaban J connectivity index is 2.07. The number of hydrogen-bond donors (Lipinski definition) is 2. The number of hydrogen-bond acceptors (Lipinski definition) is 5. The second-order valence-corrected chi connectivity index (χ2v) is 6.94. The van der Waals surface area contributed by atoms with Gasteiger partial charge in [-0.15, -0.1) is 0 Å². The lowest BCUT2D eigenvalue weighted by atomic mass is 10.1. The number of aryl methyl sites for hydroxylation is 1. The van der Waals surface area contributed by atoms with Crippen LogP contribution in [-0.4, -0.2) is 38.1 Å². The van der Waals surface area contributed by atoms with E-state index in [1.807, 2.05) is 39.1 Å². The van der Waals surface area contributed by atoms with E-state index in [9.17, 15) is 14.9 Å². The second-order valence-electron chi connectivity index (χ2n) is 6.94. The van der Waals surface area contributed by atoms with Gasteiger partial charge in [0.15, 0.2) is 18.0 Å². The van der Waals surface area contributed by atoms with Gasteiger partial charge in [-0.3, -0.25) is 14.9 Å². The zero-order chi connectivity index (χ0) is 21.6. The first-order valence-corrected chi connectivity index (χ1v) is 9.42. The van der Waals surface area contributed by atoms with Gasteiger partial charge in [0.25, 0.3) is 11.6 Å². The second kappa shape index (κ2) is 9.88. The van der Waals surface area contributed by atoms with Crippen molar-refractivity contribution in [2.45, 2.75) is 27.3 Å². The zero-order valence-corrected chi connectivity index (χ0v) is 17.5. The molecule has 0 aliphatic heterocycles. The Kier molecular flexibility index (Phi) is 7.55. The van der Waals surface area contributed by atoms with E-state index in [0.717, 1.165) is 16.0 Å². The number of likely N-dealkylation sites (N-methyl/N-ethyl adjacent to an activating group) is 1. The number of nitrogens with zero attached hydrogens (tertiary/aromatic N) is 1. The van der Waals surface area contributed by atoms with Crippen LogP contribution < -0.4 is 19.7 Å². The summed E-state index contributed by atoms with van der Waals surface area (Å²) in [6.45, 7) is 6.83. The van der Waals surface area contributed by atoms with Gasteiger partial charge in [0.1, 0.15) is 12.2 Å². The number of carbonyl (C=O) groups excluding carboxylic acids is 1. The van der Waals surface area contributed by atoms with Crippen molar-refractivity contribution in [3.05, 3.63) is 57.1 Å². The van der Waals surface area contributed by atoms with Gasteiger partial charge >= 0.3 is 0 Å². The number of benzene rings is 2. The molecule has 0 fully saturated rings. The highest BCUT2D eigenvalue weighted by molar-refractivity contribution is 5.95. The van der Waals surface area contributed by atoms with Crippen LogP contribution in [0.1, 0.15) is 23.6 Å². The molecule has 29 heavy (non-hydrogen) atoms. The molecule has 0 bridgehead atoms. The largest absolute Gasteiger partial charge is 0.493 e. The summed E-state index contributed by atoms with van der Waals surface area (Å²) >= 11 is 0. The summed E-state index contributed by atoms with van der Waals surface area (Å²) in [5.74, 6) is 1.04. The third kappa shape index (κ3) is 5.68.